The van der Waals surface area contributed by atoms with E-state index in [4.69, 9.17) is 4.74 Å². The van der Waals surface area contributed by atoms with Crippen molar-refractivity contribution in [1.29, 1.82) is 0 Å². The number of fused-ring (bicyclic) bond motifs is 1. The highest BCUT2D eigenvalue weighted by atomic mass is 16.5. The summed E-state index contributed by atoms with van der Waals surface area (Å²) in [5, 5.41) is 3.07. The van der Waals surface area contributed by atoms with Crippen molar-refractivity contribution in [3.63, 3.8) is 0 Å². The van der Waals surface area contributed by atoms with Gasteiger partial charge in [-0.15, -0.1) is 0 Å². The van der Waals surface area contributed by atoms with Gasteiger partial charge in [-0.2, -0.15) is 0 Å². The molecule has 0 saturated heterocycles. The number of esters is 1. The molecule has 118 valence electrons. The van der Waals surface area contributed by atoms with Crippen molar-refractivity contribution in [2.24, 2.45) is 0 Å². The Kier molecular flexibility index (Phi) is 4.32. The molecule has 1 unspecified atom stereocenters. The van der Waals surface area contributed by atoms with Crippen LogP contribution in [0, 0.1) is 0 Å². The summed E-state index contributed by atoms with van der Waals surface area (Å²) >= 11 is 0. The van der Waals surface area contributed by atoms with E-state index >= 15 is 0 Å². The molecule has 1 aromatic carbocycles. The lowest BCUT2D eigenvalue weighted by Crippen LogP contribution is -2.49. The number of benzene rings is 1. The molecule has 5 heteroatoms. The number of amides is 1. The molecule has 1 N–H and O–H groups in total. The van der Waals surface area contributed by atoms with Crippen molar-refractivity contribution in [3.05, 3.63) is 24.3 Å². The second kappa shape index (κ2) is 6.38. The summed E-state index contributed by atoms with van der Waals surface area (Å²) in [6.45, 7) is 1.95. The molecule has 1 amide bonds. The van der Waals surface area contributed by atoms with E-state index in [9.17, 15) is 9.59 Å². The lowest BCUT2D eigenvalue weighted by molar-refractivity contribution is -0.152. The minimum Gasteiger partial charge on any atom is -0.461 e. The monoisotopic (exact) mass is 302 g/mol. The van der Waals surface area contributed by atoms with E-state index in [1.165, 1.54) is 6.42 Å². The van der Waals surface area contributed by atoms with Crippen LogP contribution in [-0.4, -0.2) is 30.6 Å². The predicted octanol–water partition coefficient (Wildman–Crippen LogP) is 2.71. The molecule has 1 saturated carbocycles. The molecule has 3 rings (SSSR count). The number of carbonyl (C=O) groups is 2. The Balaban J connectivity index is 1.74. The summed E-state index contributed by atoms with van der Waals surface area (Å²) in [5.41, 5.74) is 1.62. The van der Waals surface area contributed by atoms with Crippen LogP contribution >= 0.6 is 0 Å². The molecule has 0 radical (unpaired) electrons. The Hall–Kier alpha value is -2.04. The standard InChI is InChI=1S/C17H22N2O3/c1-12(17(21)22-13-7-3-2-4-8-13)19-15-10-6-5-9-14(15)18-11-16(19)20/h5-6,9-10,12-13,18H,2-4,7-8,11H2,1H3. The van der Waals surface area contributed by atoms with Gasteiger partial charge in [0.2, 0.25) is 5.91 Å². The zero-order chi connectivity index (χ0) is 15.5. The summed E-state index contributed by atoms with van der Waals surface area (Å²) in [7, 11) is 0. The minimum absolute atomic E-state index is 0.0111. The van der Waals surface area contributed by atoms with Gasteiger partial charge in [-0.25, -0.2) is 4.79 Å². The zero-order valence-electron chi connectivity index (χ0n) is 12.9. The van der Waals surface area contributed by atoms with Crippen LogP contribution < -0.4 is 10.2 Å². The third-order valence-corrected chi connectivity index (χ3v) is 4.43. The van der Waals surface area contributed by atoms with Crippen molar-refractivity contribution in [2.45, 2.75) is 51.2 Å². The molecular formula is C17H22N2O3. The fraction of sp³-hybridized carbons (Fsp3) is 0.529. The molecule has 1 atom stereocenters. The Labute approximate surface area is 130 Å². The van der Waals surface area contributed by atoms with Crippen molar-refractivity contribution >= 4 is 23.3 Å². The van der Waals surface area contributed by atoms with E-state index in [0.717, 1.165) is 37.1 Å². The maximum Gasteiger partial charge on any atom is 0.329 e. The van der Waals surface area contributed by atoms with Gasteiger partial charge in [0.25, 0.3) is 0 Å². The fourth-order valence-electron chi connectivity index (χ4n) is 3.20. The first-order chi connectivity index (χ1) is 10.7. The third-order valence-electron chi connectivity index (χ3n) is 4.43. The topological polar surface area (TPSA) is 58.6 Å². The number of para-hydroxylation sites is 2. The zero-order valence-corrected chi connectivity index (χ0v) is 12.9. The highest BCUT2D eigenvalue weighted by Gasteiger charge is 2.33. The van der Waals surface area contributed by atoms with Crippen LogP contribution in [-0.2, 0) is 14.3 Å². The van der Waals surface area contributed by atoms with Gasteiger partial charge in [0.15, 0.2) is 0 Å². The highest BCUT2D eigenvalue weighted by molar-refractivity contribution is 6.06. The number of nitrogens with zero attached hydrogens (tertiary/aromatic N) is 1. The van der Waals surface area contributed by atoms with E-state index in [-0.39, 0.29) is 24.5 Å². The van der Waals surface area contributed by atoms with Gasteiger partial charge < -0.3 is 10.1 Å². The quantitative estimate of drug-likeness (QED) is 0.872. The molecule has 1 heterocycles. The number of nitrogens with one attached hydrogen (secondary N) is 1. The van der Waals surface area contributed by atoms with Crippen molar-refractivity contribution in [2.75, 3.05) is 16.8 Å². The molecule has 1 aliphatic heterocycles. The normalized spacial score (nSPS) is 20.0. The molecule has 1 aliphatic carbocycles. The van der Waals surface area contributed by atoms with Gasteiger partial charge in [0, 0.05) is 0 Å². The van der Waals surface area contributed by atoms with Gasteiger partial charge in [-0.05, 0) is 44.7 Å². The predicted molar refractivity (Wildman–Crippen MR) is 84.8 cm³/mol. The molecule has 0 spiro atoms. The largest absolute Gasteiger partial charge is 0.461 e. The SMILES string of the molecule is CC(C(=O)OC1CCCCC1)N1C(=O)CNc2ccccc21. The molecule has 5 nitrogen and oxygen atoms in total. The number of hydrogen-bond donors (Lipinski definition) is 1. The molecule has 1 aromatic rings. The van der Waals surface area contributed by atoms with Crippen LogP contribution in [0.3, 0.4) is 0 Å². The minimum atomic E-state index is -0.599. The molecule has 22 heavy (non-hydrogen) atoms. The van der Waals surface area contributed by atoms with Crippen molar-refractivity contribution in [3.8, 4) is 0 Å². The molecule has 2 aliphatic rings. The number of hydrogen-bond acceptors (Lipinski definition) is 4. The fourth-order valence-corrected chi connectivity index (χ4v) is 3.20. The van der Waals surface area contributed by atoms with Crippen molar-refractivity contribution < 1.29 is 14.3 Å². The maximum absolute atomic E-state index is 12.4. The number of carbonyl (C=O) groups excluding carboxylic acids is 2. The van der Waals surface area contributed by atoms with Crippen LogP contribution in [0.25, 0.3) is 0 Å². The summed E-state index contributed by atoms with van der Waals surface area (Å²) in [6, 6.07) is 6.94. The van der Waals surface area contributed by atoms with Crippen LogP contribution in [0.4, 0.5) is 11.4 Å². The molecule has 0 bridgehead atoms. The van der Waals surface area contributed by atoms with Gasteiger partial charge in [-0.1, -0.05) is 18.6 Å². The molecule has 0 aromatic heterocycles. The number of rotatable bonds is 3. The van der Waals surface area contributed by atoms with Gasteiger partial charge in [-0.3, -0.25) is 9.69 Å². The van der Waals surface area contributed by atoms with E-state index in [1.807, 2.05) is 24.3 Å². The highest BCUT2D eigenvalue weighted by Crippen LogP contribution is 2.31. The average Bonchev–Trinajstić information content (AvgIpc) is 2.55. The number of ether oxygens (including phenoxy) is 1. The second-order valence-corrected chi connectivity index (χ2v) is 6.01. The first kappa shape index (κ1) is 14.9. The van der Waals surface area contributed by atoms with Gasteiger partial charge >= 0.3 is 5.97 Å². The van der Waals surface area contributed by atoms with Crippen LogP contribution in [0.2, 0.25) is 0 Å². The maximum atomic E-state index is 12.4. The molecule has 1 fully saturated rings. The number of anilines is 2. The van der Waals surface area contributed by atoms with Crippen LogP contribution in [0.1, 0.15) is 39.0 Å². The smallest absolute Gasteiger partial charge is 0.329 e. The van der Waals surface area contributed by atoms with Crippen molar-refractivity contribution in [1.82, 2.24) is 0 Å². The second-order valence-electron chi connectivity index (χ2n) is 6.01. The van der Waals surface area contributed by atoms with E-state index < -0.39 is 6.04 Å². The van der Waals surface area contributed by atoms with Crippen LogP contribution in [0.15, 0.2) is 24.3 Å². The lowest BCUT2D eigenvalue weighted by Gasteiger charge is -2.34. The van der Waals surface area contributed by atoms with Crippen LogP contribution in [0.5, 0.6) is 0 Å². The first-order valence-electron chi connectivity index (χ1n) is 8.02. The van der Waals surface area contributed by atoms with E-state index in [2.05, 4.69) is 5.32 Å². The Morgan fingerprint density at radius 2 is 2.00 bits per heavy atom. The third kappa shape index (κ3) is 2.93. The first-order valence-corrected chi connectivity index (χ1v) is 8.02. The van der Waals surface area contributed by atoms with E-state index in [1.54, 1.807) is 11.8 Å². The Bertz CT molecular complexity index is 567. The summed E-state index contributed by atoms with van der Waals surface area (Å²) < 4.78 is 5.62. The average molecular weight is 302 g/mol. The Morgan fingerprint density at radius 1 is 1.27 bits per heavy atom. The summed E-state index contributed by atoms with van der Waals surface area (Å²) in [5.74, 6) is -0.413. The molecular weight excluding hydrogens is 280 g/mol. The summed E-state index contributed by atoms with van der Waals surface area (Å²) in [6.07, 6.45) is 5.32. The van der Waals surface area contributed by atoms with Gasteiger partial charge in [0.05, 0.1) is 17.9 Å². The van der Waals surface area contributed by atoms with E-state index in [0.29, 0.717) is 0 Å². The summed E-state index contributed by atoms with van der Waals surface area (Å²) in [4.78, 5) is 26.2. The lowest BCUT2D eigenvalue weighted by atomic mass is 9.98. The Morgan fingerprint density at radius 3 is 2.77 bits per heavy atom. The van der Waals surface area contributed by atoms with Gasteiger partial charge in [0.1, 0.15) is 12.1 Å².